The predicted molar refractivity (Wildman–Crippen MR) is 75.0 cm³/mol. The van der Waals surface area contributed by atoms with Crippen LogP contribution in [0.1, 0.15) is 25.8 Å². The highest BCUT2D eigenvalue weighted by Crippen LogP contribution is 2.14. The monoisotopic (exact) mass is 262 g/mol. The first-order chi connectivity index (χ1) is 9.15. The molecule has 0 spiro atoms. The van der Waals surface area contributed by atoms with Crippen LogP contribution in [0.3, 0.4) is 0 Å². The van der Waals surface area contributed by atoms with E-state index in [1.165, 1.54) is 0 Å². The number of carbonyl (C=O) groups excluding carboxylic acids is 1. The van der Waals surface area contributed by atoms with Crippen LogP contribution in [0, 0.1) is 5.92 Å². The highest BCUT2D eigenvalue weighted by atomic mass is 16.5. The number of benzene rings is 1. The topological polar surface area (TPSA) is 50.4 Å². The minimum atomic E-state index is 0.128. The fourth-order valence-corrected chi connectivity index (χ4v) is 2.17. The van der Waals surface area contributed by atoms with Gasteiger partial charge in [-0.1, -0.05) is 12.1 Å². The average molecular weight is 262 g/mol. The van der Waals surface area contributed by atoms with Crippen molar-refractivity contribution in [3.8, 4) is 5.75 Å². The van der Waals surface area contributed by atoms with Gasteiger partial charge < -0.3 is 15.4 Å². The fourth-order valence-electron chi connectivity index (χ4n) is 2.17. The molecule has 1 heterocycles. The highest BCUT2D eigenvalue weighted by molar-refractivity contribution is 5.79. The Labute approximate surface area is 114 Å². The van der Waals surface area contributed by atoms with E-state index < -0.39 is 0 Å². The Bertz CT molecular complexity index is 409. The maximum absolute atomic E-state index is 11.9. The van der Waals surface area contributed by atoms with Crippen LogP contribution >= 0.6 is 0 Å². The summed E-state index contributed by atoms with van der Waals surface area (Å²) in [6.07, 6.45) is 1.12. The Balaban J connectivity index is 1.80. The second kappa shape index (κ2) is 6.57. The van der Waals surface area contributed by atoms with Gasteiger partial charge in [-0.3, -0.25) is 4.79 Å². The lowest BCUT2D eigenvalue weighted by molar-refractivity contribution is -0.124. The molecule has 19 heavy (non-hydrogen) atoms. The second-order valence-electron chi connectivity index (χ2n) is 5.22. The maximum atomic E-state index is 11.9. The quantitative estimate of drug-likeness (QED) is 0.849. The van der Waals surface area contributed by atoms with Crippen molar-refractivity contribution in [1.29, 1.82) is 0 Å². The van der Waals surface area contributed by atoms with Gasteiger partial charge in [0.15, 0.2) is 0 Å². The van der Waals surface area contributed by atoms with Crippen molar-refractivity contribution in [2.75, 3.05) is 13.1 Å². The van der Waals surface area contributed by atoms with Crippen molar-refractivity contribution in [2.45, 2.75) is 32.9 Å². The molecule has 0 aliphatic carbocycles. The molecule has 0 bridgehead atoms. The molecule has 1 aliphatic rings. The number of hydrogen-bond donors (Lipinski definition) is 2. The molecule has 1 aromatic carbocycles. The first-order valence-corrected chi connectivity index (χ1v) is 6.89. The SMILES string of the molecule is CC(C)Oc1ccc(CNC(=O)C2CCNC2)cc1. The van der Waals surface area contributed by atoms with Gasteiger partial charge in [0.2, 0.25) is 5.91 Å². The molecule has 1 aromatic rings. The predicted octanol–water partition coefficient (Wildman–Crippen LogP) is 1.70. The van der Waals surface area contributed by atoms with Crippen LogP contribution in [-0.2, 0) is 11.3 Å². The summed E-state index contributed by atoms with van der Waals surface area (Å²) in [5.41, 5.74) is 1.09. The summed E-state index contributed by atoms with van der Waals surface area (Å²) < 4.78 is 5.58. The van der Waals surface area contributed by atoms with E-state index in [1.807, 2.05) is 38.1 Å². The molecule has 2 rings (SSSR count). The number of amides is 1. The van der Waals surface area contributed by atoms with Crippen LogP contribution in [0.4, 0.5) is 0 Å². The summed E-state index contributed by atoms with van der Waals surface area (Å²) in [5.74, 6) is 1.14. The van der Waals surface area contributed by atoms with Crippen LogP contribution in [0.25, 0.3) is 0 Å². The maximum Gasteiger partial charge on any atom is 0.224 e. The van der Waals surface area contributed by atoms with Gasteiger partial charge in [0, 0.05) is 13.1 Å². The van der Waals surface area contributed by atoms with Gasteiger partial charge in [0.25, 0.3) is 0 Å². The Morgan fingerprint density at radius 1 is 1.42 bits per heavy atom. The van der Waals surface area contributed by atoms with E-state index >= 15 is 0 Å². The van der Waals surface area contributed by atoms with Gasteiger partial charge >= 0.3 is 0 Å². The zero-order valence-corrected chi connectivity index (χ0v) is 11.6. The molecule has 2 N–H and O–H groups in total. The third-order valence-corrected chi connectivity index (χ3v) is 3.19. The summed E-state index contributed by atoms with van der Waals surface area (Å²) in [6.45, 7) is 6.33. The number of carbonyl (C=O) groups is 1. The van der Waals surface area contributed by atoms with Gasteiger partial charge in [-0.15, -0.1) is 0 Å². The van der Waals surface area contributed by atoms with E-state index in [4.69, 9.17) is 4.74 Å². The fraction of sp³-hybridized carbons (Fsp3) is 0.533. The van der Waals surface area contributed by atoms with Crippen molar-refractivity contribution in [3.63, 3.8) is 0 Å². The molecule has 1 unspecified atom stereocenters. The second-order valence-corrected chi connectivity index (χ2v) is 5.22. The van der Waals surface area contributed by atoms with Crippen LogP contribution < -0.4 is 15.4 Å². The lowest BCUT2D eigenvalue weighted by atomic mass is 10.1. The minimum Gasteiger partial charge on any atom is -0.491 e. The standard InChI is InChI=1S/C15H22N2O2/c1-11(2)19-14-5-3-12(4-6-14)9-17-15(18)13-7-8-16-10-13/h3-6,11,13,16H,7-10H2,1-2H3,(H,17,18). The van der Waals surface area contributed by atoms with Crippen LogP contribution in [0.2, 0.25) is 0 Å². The summed E-state index contributed by atoms with van der Waals surface area (Å²) in [7, 11) is 0. The van der Waals surface area contributed by atoms with Gasteiger partial charge in [-0.05, 0) is 44.5 Å². The van der Waals surface area contributed by atoms with E-state index in [0.29, 0.717) is 6.54 Å². The average Bonchev–Trinajstić information content (AvgIpc) is 2.91. The lowest BCUT2D eigenvalue weighted by Crippen LogP contribution is -2.31. The third kappa shape index (κ3) is 4.24. The largest absolute Gasteiger partial charge is 0.491 e. The molecule has 1 fully saturated rings. The molecule has 1 amide bonds. The highest BCUT2D eigenvalue weighted by Gasteiger charge is 2.21. The van der Waals surface area contributed by atoms with Crippen molar-refractivity contribution in [2.24, 2.45) is 5.92 Å². The minimum absolute atomic E-state index is 0.128. The van der Waals surface area contributed by atoms with E-state index in [9.17, 15) is 4.79 Å². The molecule has 4 heteroatoms. The summed E-state index contributed by atoms with van der Waals surface area (Å²) in [5, 5.41) is 6.18. The van der Waals surface area contributed by atoms with Gasteiger partial charge in [0.1, 0.15) is 5.75 Å². The van der Waals surface area contributed by atoms with Gasteiger partial charge in [-0.2, -0.15) is 0 Å². The van der Waals surface area contributed by atoms with E-state index in [1.54, 1.807) is 0 Å². The van der Waals surface area contributed by atoms with Gasteiger partial charge in [0.05, 0.1) is 12.0 Å². The smallest absolute Gasteiger partial charge is 0.224 e. The molecule has 4 nitrogen and oxygen atoms in total. The number of ether oxygens (including phenoxy) is 1. The Kier molecular flexibility index (Phi) is 4.80. The summed E-state index contributed by atoms with van der Waals surface area (Å²) in [6, 6.07) is 7.87. The molecule has 1 atom stereocenters. The molecule has 0 saturated carbocycles. The summed E-state index contributed by atoms with van der Waals surface area (Å²) >= 11 is 0. The first kappa shape index (κ1) is 13.9. The van der Waals surface area contributed by atoms with Crippen LogP contribution in [0.5, 0.6) is 5.75 Å². The van der Waals surface area contributed by atoms with Crippen molar-refractivity contribution >= 4 is 5.91 Å². The van der Waals surface area contributed by atoms with E-state index in [2.05, 4.69) is 10.6 Å². The number of nitrogens with one attached hydrogen (secondary N) is 2. The molecule has 1 saturated heterocycles. The first-order valence-electron chi connectivity index (χ1n) is 6.89. The van der Waals surface area contributed by atoms with Crippen molar-refractivity contribution in [3.05, 3.63) is 29.8 Å². The van der Waals surface area contributed by atoms with Crippen molar-refractivity contribution < 1.29 is 9.53 Å². The van der Waals surface area contributed by atoms with Gasteiger partial charge in [-0.25, -0.2) is 0 Å². The van der Waals surface area contributed by atoms with Crippen molar-refractivity contribution in [1.82, 2.24) is 10.6 Å². The molecule has 104 valence electrons. The molecule has 0 aromatic heterocycles. The Hall–Kier alpha value is -1.55. The molecule has 1 aliphatic heterocycles. The van der Waals surface area contributed by atoms with Crippen LogP contribution in [-0.4, -0.2) is 25.1 Å². The zero-order valence-electron chi connectivity index (χ0n) is 11.6. The van der Waals surface area contributed by atoms with E-state index in [0.717, 1.165) is 30.8 Å². The number of hydrogen-bond acceptors (Lipinski definition) is 3. The van der Waals surface area contributed by atoms with Crippen LogP contribution in [0.15, 0.2) is 24.3 Å². The normalized spacial score (nSPS) is 18.6. The number of rotatable bonds is 5. The zero-order chi connectivity index (χ0) is 13.7. The molecule has 0 radical (unpaired) electrons. The van der Waals surface area contributed by atoms with E-state index in [-0.39, 0.29) is 17.9 Å². The molecular formula is C15H22N2O2. The third-order valence-electron chi connectivity index (χ3n) is 3.19. The lowest BCUT2D eigenvalue weighted by Gasteiger charge is -2.12. The summed E-state index contributed by atoms with van der Waals surface area (Å²) in [4.78, 5) is 11.9. The Morgan fingerprint density at radius 2 is 2.16 bits per heavy atom. The Morgan fingerprint density at radius 3 is 2.74 bits per heavy atom. The molecular weight excluding hydrogens is 240 g/mol.